The number of ketones is 1. The van der Waals surface area contributed by atoms with E-state index in [1.54, 1.807) is 0 Å². The molecule has 2 atom stereocenters. The fourth-order valence-electron chi connectivity index (χ4n) is 2.48. The number of carbonyl (C=O) groups is 1. The van der Waals surface area contributed by atoms with Crippen LogP contribution in [0.25, 0.3) is 0 Å². The molecular formula is C10H14O. The van der Waals surface area contributed by atoms with Gasteiger partial charge in [0, 0.05) is 5.92 Å². The standard InChI is InChI=1S/C10H14O/c1-7-6-8-4-2-3-5-9(8)10(7)11/h8-9H,1-6H2. The van der Waals surface area contributed by atoms with Crippen molar-refractivity contribution in [1.29, 1.82) is 0 Å². The lowest BCUT2D eigenvalue weighted by atomic mass is 9.81. The summed E-state index contributed by atoms with van der Waals surface area (Å²) < 4.78 is 0. The van der Waals surface area contributed by atoms with E-state index in [2.05, 4.69) is 6.58 Å². The first-order valence-electron chi connectivity index (χ1n) is 4.51. The quantitative estimate of drug-likeness (QED) is 0.484. The van der Waals surface area contributed by atoms with Crippen molar-refractivity contribution in [3.05, 3.63) is 12.2 Å². The van der Waals surface area contributed by atoms with E-state index in [4.69, 9.17) is 0 Å². The van der Waals surface area contributed by atoms with E-state index in [0.717, 1.165) is 18.4 Å². The summed E-state index contributed by atoms with van der Waals surface area (Å²) in [4.78, 5) is 11.4. The predicted octanol–water partition coefficient (Wildman–Crippen LogP) is 2.32. The minimum absolute atomic E-state index is 0.370. The highest BCUT2D eigenvalue weighted by Gasteiger charge is 2.38. The van der Waals surface area contributed by atoms with E-state index >= 15 is 0 Å². The van der Waals surface area contributed by atoms with Crippen molar-refractivity contribution in [3.63, 3.8) is 0 Å². The maximum absolute atomic E-state index is 11.4. The zero-order valence-electron chi connectivity index (χ0n) is 6.81. The highest BCUT2D eigenvalue weighted by Crippen LogP contribution is 2.41. The first-order valence-corrected chi connectivity index (χ1v) is 4.51. The first-order chi connectivity index (χ1) is 5.29. The second kappa shape index (κ2) is 2.47. The van der Waals surface area contributed by atoms with Gasteiger partial charge in [0.05, 0.1) is 0 Å². The molecule has 0 aromatic heterocycles. The Hall–Kier alpha value is -0.590. The maximum Gasteiger partial charge on any atom is 0.161 e. The van der Waals surface area contributed by atoms with Gasteiger partial charge in [-0.3, -0.25) is 4.79 Å². The molecule has 2 saturated carbocycles. The number of Topliss-reactive ketones (excluding diaryl/α,β-unsaturated/α-hetero) is 1. The third-order valence-electron chi connectivity index (χ3n) is 3.10. The normalized spacial score (nSPS) is 37.5. The zero-order chi connectivity index (χ0) is 7.84. The van der Waals surface area contributed by atoms with Crippen LogP contribution >= 0.6 is 0 Å². The highest BCUT2D eigenvalue weighted by molar-refractivity contribution is 5.99. The molecule has 2 unspecified atom stereocenters. The molecule has 0 spiro atoms. The Kier molecular flexibility index (Phi) is 1.59. The number of carbonyl (C=O) groups excluding carboxylic acids is 1. The van der Waals surface area contributed by atoms with Crippen LogP contribution in [0.15, 0.2) is 12.2 Å². The van der Waals surface area contributed by atoms with Crippen LogP contribution in [0.2, 0.25) is 0 Å². The molecule has 0 N–H and O–H groups in total. The summed E-state index contributed by atoms with van der Waals surface area (Å²) in [6, 6.07) is 0. The SMILES string of the molecule is C=C1CC2CCCCC2C1=O. The van der Waals surface area contributed by atoms with E-state index in [-0.39, 0.29) is 0 Å². The van der Waals surface area contributed by atoms with Gasteiger partial charge in [-0.1, -0.05) is 19.4 Å². The molecule has 2 aliphatic rings. The Morgan fingerprint density at radius 3 is 2.73 bits per heavy atom. The van der Waals surface area contributed by atoms with Crippen molar-refractivity contribution in [2.75, 3.05) is 0 Å². The average molecular weight is 150 g/mol. The van der Waals surface area contributed by atoms with Crippen LogP contribution in [-0.2, 0) is 4.79 Å². The van der Waals surface area contributed by atoms with Crippen LogP contribution in [0.5, 0.6) is 0 Å². The van der Waals surface area contributed by atoms with Crippen molar-refractivity contribution in [1.82, 2.24) is 0 Å². The third kappa shape index (κ3) is 1.03. The molecule has 1 nitrogen and oxygen atoms in total. The topological polar surface area (TPSA) is 17.1 Å². The Bertz CT molecular complexity index is 205. The summed E-state index contributed by atoms with van der Waals surface area (Å²) in [6.45, 7) is 3.81. The van der Waals surface area contributed by atoms with Crippen LogP contribution in [0.4, 0.5) is 0 Å². The summed E-state index contributed by atoms with van der Waals surface area (Å²) >= 11 is 0. The molecule has 0 saturated heterocycles. The monoisotopic (exact) mass is 150 g/mol. The number of rotatable bonds is 0. The number of hydrogen-bond acceptors (Lipinski definition) is 1. The van der Waals surface area contributed by atoms with Gasteiger partial charge < -0.3 is 0 Å². The van der Waals surface area contributed by atoms with Crippen molar-refractivity contribution in [2.45, 2.75) is 32.1 Å². The van der Waals surface area contributed by atoms with Gasteiger partial charge in [-0.2, -0.15) is 0 Å². The lowest BCUT2D eigenvalue weighted by Gasteiger charge is -2.22. The molecule has 2 rings (SSSR count). The lowest BCUT2D eigenvalue weighted by molar-refractivity contribution is -0.119. The molecule has 1 heteroatoms. The Balaban J connectivity index is 2.18. The summed E-state index contributed by atoms with van der Waals surface area (Å²) in [5, 5.41) is 0. The van der Waals surface area contributed by atoms with E-state index in [1.165, 1.54) is 19.3 Å². The minimum atomic E-state index is 0.370. The minimum Gasteiger partial charge on any atom is -0.294 e. The average Bonchev–Trinajstić information content (AvgIpc) is 2.30. The molecule has 0 aliphatic heterocycles. The summed E-state index contributed by atoms with van der Waals surface area (Å²) in [5.74, 6) is 1.41. The number of hydrogen-bond donors (Lipinski definition) is 0. The molecule has 11 heavy (non-hydrogen) atoms. The van der Waals surface area contributed by atoms with E-state index in [1.807, 2.05) is 0 Å². The molecule has 2 fully saturated rings. The van der Waals surface area contributed by atoms with Gasteiger partial charge in [0.1, 0.15) is 0 Å². The molecule has 0 aromatic carbocycles. The smallest absolute Gasteiger partial charge is 0.161 e. The molecule has 0 radical (unpaired) electrons. The molecule has 2 aliphatic carbocycles. The van der Waals surface area contributed by atoms with Gasteiger partial charge in [0.2, 0.25) is 0 Å². The van der Waals surface area contributed by atoms with Crippen molar-refractivity contribution in [2.24, 2.45) is 11.8 Å². The van der Waals surface area contributed by atoms with Crippen LogP contribution in [0.1, 0.15) is 32.1 Å². The lowest BCUT2D eigenvalue weighted by Crippen LogP contribution is -2.18. The van der Waals surface area contributed by atoms with Crippen molar-refractivity contribution in [3.8, 4) is 0 Å². The van der Waals surface area contributed by atoms with Gasteiger partial charge in [-0.15, -0.1) is 0 Å². The highest BCUT2D eigenvalue weighted by atomic mass is 16.1. The summed E-state index contributed by atoms with van der Waals surface area (Å²) in [5.41, 5.74) is 0.891. The predicted molar refractivity (Wildman–Crippen MR) is 44.2 cm³/mol. The zero-order valence-corrected chi connectivity index (χ0v) is 6.81. The van der Waals surface area contributed by atoms with Gasteiger partial charge in [0.15, 0.2) is 5.78 Å². The Labute approximate surface area is 67.5 Å². The van der Waals surface area contributed by atoms with Crippen LogP contribution < -0.4 is 0 Å². The first kappa shape index (κ1) is 7.08. The molecule has 0 heterocycles. The van der Waals surface area contributed by atoms with E-state index < -0.39 is 0 Å². The molecule has 60 valence electrons. The fourth-order valence-corrected chi connectivity index (χ4v) is 2.48. The second-order valence-electron chi connectivity index (χ2n) is 3.82. The Morgan fingerprint density at radius 1 is 1.27 bits per heavy atom. The number of allylic oxidation sites excluding steroid dienone is 1. The van der Waals surface area contributed by atoms with E-state index in [9.17, 15) is 4.79 Å². The van der Waals surface area contributed by atoms with Gasteiger partial charge in [0.25, 0.3) is 0 Å². The molecule has 0 bridgehead atoms. The molecular weight excluding hydrogens is 136 g/mol. The van der Waals surface area contributed by atoms with Crippen LogP contribution in [0, 0.1) is 11.8 Å². The molecule has 0 aromatic rings. The van der Waals surface area contributed by atoms with Crippen molar-refractivity contribution < 1.29 is 4.79 Å². The maximum atomic E-state index is 11.4. The van der Waals surface area contributed by atoms with Gasteiger partial charge in [-0.05, 0) is 30.8 Å². The summed E-state index contributed by atoms with van der Waals surface area (Å²) in [7, 11) is 0. The summed E-state index contributed by atoms with van der Waals surface area (Å²) in [6.07, 6.45) is 5.95. The van der Waals surface area contributed by atoms with Crippen LogP contribution in [0.3, 0.4) is 0 Å². The third-order valence-corrected chi connectivity index (χ3v) is 3.10. The second-order valence-corrected chi connectivity index (χ2v) is 3.82. The van der Waals surface area contributed by atoms with E-state index in [0.29, 0.717) is 17.6 Å². The number of fused-ring (bicyclic) bond motifs is 1. The van der Waals surface area contributed by atoms with Crippen molar-refractivity contribution >= 4 is 5.78 Å². The van der Waals surface area contributed by atoms with Gasteiger partial charge >= 0.3 is 0 Å². The van der Waals surface area contributed by atoms with Gasteiger partial charge in [-0.25, -0.2) is 0 Å². The molecule has 0 amide bonds. The van der Waals surface area contributed by atoms with Crippen LogP contribution in [-0.4, -0.2) is 5.78 Å². The fraction of sp³-hybridized carbons (Fsp3) is 0.700. The largest absolute Gasteiger partial charge is 0.294 e. The Morgan fingerprint density at radius 2 is 2.00 bits per heavy atom.